The summed E-state index contributed by atoms with van der Waals surface area (Å²) < 4.78 is 0. The predicted molar refractivity (Wildman–Crippen MR) is 31.8 cm³/mol. The van der Waals surface area contributed by atoms with Gasteiger partial charge in [-0.05, 0) is 0 Å². The lowest BCUT2D eigenvalue weighted by atomic mass is 13.1. The van der Waals surface area contributed by atoms with Crippen LogP contribution in [-0.4, -0.2) is 5.09 Å². The number of halogens is 1. The van der Waals surface area contributed by atoms with Crippen molar-refractivity contribution in [3.05, 3.63) is 15.3 Å². The SMILES string of the molecule is I.O=[N+]([O-])[O-].[NH4+]. The molecule has 0 aliphatic carbocycles. The molecular weight excluding hydrogens is 203 g/mol. The van der Waals surface area contributed by atoms with E-state index in [2.05, 4.69) is 0 Å². The molecule has 6 heavy (non-hydrogen) atoms. The van der Waals surface area contributed by atoms with Gasteiger partial charge in [0.05, 0.1) is 5.09 Å². The molecule has 0 rings (SSSR count). The molecule has 0 aromatic carbocycles. The standard InChI is InChI=1S/HI.NO3.H3N/c;2-1(3)4;/h1H;;1H3/q;-1;/p+1. The number of quaternary nitrogens is 1. The third kappa shape index (κ3) is 2690. The molecule has 0 radical (unpaired) electrons. The summed E-state index contributed by atoms with van der Waals surface area (Å²) in [7, 11) is 0. The monoisotopic (exact) mass is 208 g/mol. The fourth-order valence-electron chi connectivity index (χ4n) is 0. The first-order chi connectivity index (χ1) is 1.73. The van der Waals surface area contributed by atoms with Crippen molar-refractivity contribution >= 4 is 24.0 Å². The fraction of sp³-hybridized carbons (Fsp3) is 0. The minimum atomic E-state index is -1.75. The quantitative estimate of drug-likeness (QED) is 0.360. The topological polar surface area (TPSA) is 103 Å². The van der Waals surface area contributed by atoms with Crippen LogP contribution in [0.4, 0.5) is 0 Å². The van der Waals surface area contributed by atoms with Crippen molar-refractivity contribution in [1.82, 2.24) is 6.15 Å². The lowest BCUT2D eigenvalue weighted by Crippen LogP contribution is -1.74. The molecule has 0 spiro atoms. The van der Waals surface area contributed by atoms with Gasteiger partial charge in [0.15, 0.2) is 0 Å². The van der Waals surface area contributed by atoms with Gasteiger partial charge in [0.1, 0.15) is 0 Å². The molecule has 0 atom stereocenters. The van der Waals surface area contributed by atoms with Crippen LogP contribution in [0.3, 0.4) is 0 Å². The minimum absolute atomic E-state index is 0. The highest BCUT2D eigenvalue weighted by molar-refractivity contribution is 14.0. The van der Waals surface area contributed by atoms with E-state index >= 15 is 0 Å². The zero-order chi connectivity index (χ0) is 3.58. The fourth-order valence-corrected chi connectivity index (χ4v) is 0. The molecule has 0 saturated heterocycles. The molecule has 0 saturated carbocycles. The van der Waals surface area contributed by atoms with Gasteiger partial charge in [0.25, 0.3) is 0 Å². The Morgan fingerprint density at radius 2 is 1.33 bits per heavy atom. The lowest BCUT2D eigenvalue weighted by Gasteiger charge is -1.74. The number of nitrogens with zero attached hydrogens (tertiary/aromatic N) is 1. The first-order valence-corrected chi connectivity index (χ1v) is 0.548. The van der Waals surface area contributed by atoms with Crippen molar-refractivity contribution in [3.8, 4) is 0 Å². The maximum absolute atomic E-state index is 8.25. The molecule has 0 bridgehead atoms. The third-order valence-corrected chi connectivity index (χ3v) is 0. The summed E-state index contributed by atoms with van der Waals surface area (Å²) in [5.41, 5.74) is 0. The second-order valence-corrected chi connectivity index (χ2v) is 0.224. The van der Waals surface area contributed by atoms with Crippen molar-refractivity contribution in [3.63, 3.8) is 0 Å². The minimum Gasteiger partial charge on any atom is -0.369 e. The maximum Gasteiger partial charge on any atom is 0.0689 e. The van der Waals surface area contributed by atoms with E-state index in [1.807, 2.05) is 0 Å². The highest BCUT2D eigenvalue weighted by atomic mass is 127. The van der Waals surface area contributed by atoms with Crippen molar-refractivity contribution in [2.45, 2.75) is 0 Å². The summed E-state index contributed by atoms with van der Waals surface area (Å²) in [6, 6.07) is 0. The Labute approximate surface area is 51.1 Å². The van der Waals surface area contributed by atoms with Crippen molar-refractivity contribution in [2.75, 3.05) is 0 Å². The van der Waals surface area contributed by atoms with Gasteiger partial charge in [-0.3, -0.25) is 0 Å². The van der Waals surface area contributed by atoms with E-state index in [4.69, 9.17) is 15.3 Å². The van der Waals surface area contributed by atoms with Gasteiger partial charge >= 0.3 is 0 Å². The summed E-state index contributed by atoms with van der Waals surface area (Å²) in [6.45, 7) is 0. The zero-order valence-electron chi connectivity index (χ0n) is 3.08. The van der Waals surface area contributed by atoms with E-state index in [1.165, 1.54) is 0 Å². The molecule has 0 amide bonds. The molecule has 0 fully saturated rings. The van der Waals surface area contributed by atoms with Crippen molar-refractivity contribution < 1.29 is 5.09 Å². The number of hydrogen-bond acceptors (Lipinski definition) is 3. The smallest absolute Gasteiger partial charge is 0.0689 e. The molecule has 0 aliphatic heterocycles. The van der Waals surface area contributed by atoms with E-state index in [0.717, 1.165) is 0 Å². The Balaban J connectivity index is -0.0000000450. The van der Waals surface area contributed by atoms with Gasteiger partial charge in [-0.15, -0.1) is 24.0 Å². The Hall–Kier alpha value is -0.110. The molecule has 0 unspecified atom stereocenters. The van der Waals surface area contributed by atoms with Crippen LogP contribution >= 0.6 is 24.0 Å². The van der Waals surface area contributed by atoms with E-state index in [0.29, 0.717) is 0 Å². The van der Waals surface area contributed by atoms with Crippen LogP contribution in [-0.2, 0) is 0 Å². The van der Waals surface area contributed by atoms with Crippen LogP contribution in [0.1, 0.15) is 0 Å². The number of rotatable bonds is 0. The van der Waals surface area contributed by atoms with E-state index in [-0.39, 0.29) is 30.1 Å². The second kappa shape index (κ2) is 8.86. The van der Waals surface area contributed by atoms with Gasteiger partial charge in [0.2, 0.25) is 0 Å². The maximum atomic E-state index is 8.25. The summed E-state index contributed by atoms with van der Waals surface area (Å²) in [6.07, 6.45) is 0. The van der Waals surface area contributed by atoms with Gasteiger partial charge in [-0.1, -0.05) is 0 Å². The van der Waals surface area contributed by atoms with Gasteiger partial charge in [-0.2, -0.15) is 0 Å². The van der Waals surface area contributed by atoms with E-state index in [1.54, 1.807) is 0 Å². The molecule has 5 nitrogen and oxygen atoms in total. The Morgan fingerprint density at radius 1 is 1.33 bits per heavy atom. The Morgan fingerprint density at radius 3 is 1.33 bits per heavy atom. The third-order valence-electron chi connectivity index (χ3n) is 0. The van der Waals surface area contributed by atoms with Crippen LogP contribution in [0.2, 0.25) is 0 Å². The van der Waals surface area contributed by atoms with E-state index < -0.39 is 5.09 Å². The molecule has 6 heteroatoms. The predicted octanol–water partition coefficient (Wildman–Crippen LogP) is 0.755. The highest BCUT2D eigenvalue weighted by Crippen LogP contribution is 1.44. The highest BCUT2D eigenvalue weighted by Gasteiger charge is 1.45. The summed E-state index contributed by atoms with van der Waals surface area (Å²) in [5.74, 6) is 0. The van der Waals surface area contributed by atoms with Crippen LogP contribution < -0.4 is 6.15 Å². The van der Waals surface area contributed by atoms with Gasteiger partial charge in [0, 0.05) is 0 Å². The molecule has 0 aromatic heterocycles. The van der Waals surface area contributed by atoms with Crippen molar-refractivity contribution in [1.29, 1.82) is 0 Å². The molecular formula is H5IN2O3. The average molecular weight is 208 g/mol. The van der Waals surface area contributed by atoms with Crippen LogP contribution in [0.5, 0.6) is 0 Å². The Kier molecular flexibility index (Phi) is 24.9. The van der Waals surface area contributed by atoms with Crippen LogP contribution in [0.15, 0.2) is 0 Å². The molecule has 0 aliphatic rings. The molecule has 4 N–H and O–H groups in total. The zero-order valence-corrected chi connectivity index (χ0v) is 5.41. The lowest BCUT2D eigenvalue weighted by molar-refractivity contribution is -0.402. The van der Waals surface area contributed by atoms with Gasteiger partial charge < -0.3 is 21.5 Å². The van der Waals surface area contributed by atoms with Gasteiger partial charge in [-0.25, -0.2) is 0 Å². The van der Waals surface area contributed by atoms with Crippen LogP contribution in [0, 0.1) is 15.3 Å². The van der Waals surface area contributed by atoms with Crippen LogP contribution in [0.25, 0.3) is 0 Å². The van der Waals surface area contributed by atoms with E-state index in [9.17, 15) is 0 Å². The normalized spacial score (nSPS) is 4.00. The average Bonchev–Trinajstić information content (AvgIpc) is 0.811. The molecule has 0 heterocycles. The van der Waals surface area contributed by atoms with Crippen molar-refractivity contribution in [2.24, 2.45) is 0 Å². The summed E-state index contributed by atoms with van der Waals surface area (Å²) in [4.78, 5) is 8.25. The first kappa shape index (κ1) is 16.9. The first-order valence-electron chi connectivity index (χ1n) is 0.548. The second-order valence-electron chi connectivity index (χ2n) is 0.224. The molecule has 0 aromatic rings. The largest absolute Gasteiger partial charge is 0.369 e. The summed E-state index contributed by atoms with van der Waals surface area (Å²) >= 11 is 0. The number of hydrogen-bond donors (Lipinski definition) is 1. The Bertz CT molecular complexity index is 31.8. The molecule has 40 valence electrons. The summed E-state index contributed by atoms with van der Waals surface area (Å²) in [5, 5.41) is 14.8.